The molecule has 2 aromatic rings. The monoisotopic (exact) mass is 613 g/mol. The number of piperidine rings is 1. The minimum absolute atomic E-state index is 0.0120. The number of halogens is 8. The molecular formula is C26H27Cl2F6N3O3. The van der Waals surface area contributed by atoms with Gasteiger partial charge in [-0.1, -0.05) is 29.3 Å². The molecule has 6 nitrogen and oxygen atoms in total. The summed E-state index contributed by atoms with van der Waals surface area (Å²) in [6.45, 7) is 5.39. The molecule has 40 heavy (non-hydrogen) atoms. The number of nitrogens with one attached hydrogen (secondary N) is 1. The number of rotatable bonds is 3. The van der Waals surface area contributed by atoms with E-state index in [0.717, 1.165) is 7.05 Å². The Morgan fingerprint density at radius 3 is 2.02 bits per heavy atom. The maximum atomic E-state index is 13.3. The molecule has 1 fully saturated rings. The molecule has 0 bridgehead atoms. The van der Waals surface area contributed by atoms with Crippen LogP contribution in [-0.2, 0) is 17.1 Å². The van der Waals surface area contributed by atoms with Gasteiger partial charge in [0.2, 0.25) is 0 Å². The molecule has 1 N–H and O–H groups in total. The van der Waals surface area contributed by atoms with E-state index in [4.69, 9.17) is 27.9 Å². The van der Waals surface area contributed by atoms with E-state index < -0.39 is 58.9 Å². The Morgan fingerprint density at radius 2 is 1.52 bits per heavy atom. The number of carbonyl (C=O) groups excluding carboxylic acids is 2. The van der Waals surface area contributed by atoms with Crippen LogP contribution in [0.5, 0.6) is 0 Å². The van der Waals surface area contributed by atoms with E-state index in [-0.39, 0.29) is 35.6 Å². The predicted molar refractivity (Wildman–Crippen MR) is 139 cm³/mol. The molecule has 1 aliphatic heterocycles. The summed E-state index contributed by atoms with van der Waals surface area (Å²) in [5.41, 5.74) is -3.84. The van der Waals surface area contributed by atoms with Crippen LogP contribution in [0.25, 0.3) is 0 Å². The smallest absolute Gasteiger partial charge is 0.416 e. The van der Waals surface area contributed by atoms with Gasteiger partial charge in [0, 0.05) is 37.8 Å². The maximum absolute atomic E-state index is 13.3. The Labute approximate surface area is 237 Å². The van der Waals surface area contributed by atoms with E-state index in [0.29, 0.717) is 22.6 Å². The number of urea groups is 1. The standard InChI is InChI=1S/C26H27Cl2F6N3O3/c1-24(2,3)40-23(39)37-8-7-21(18(13-37)14-5-6-19(27)20(28)9-14)35-22(38)36(4)17-11-15(25(29,30)31)10-16(12-17)26(32,33)34/h5-6,9-12,18,21H,7-8,13H2,1-4H3,(H,35,38)/t18-,21+/m0/s1. The maximum Gasteiger partial charge on any atom is 0.416 e. The van der Waals surface area contributed by atoms with Crippen molar-refractivity contribution in [3.05, 3.63) is 63.1 Å². The fourth-order valence-corrected chi connectivity index (χ4v) is 4.51. The number of nitrogens with zero attached hydrogens (tertiary/aromatic N) is 2. The second-order valence-electron chi connectivity index (χ2n) is 10.4. The van der Waals surface area contributed by atoms with Crippen LogP contribution in [-0.4, -0.2) is 48.8 Å². The summed E-state index contributed by atoms with van der Waals surface area (Å²) in [6, 6.07) is 4.08. The van der Waals surface area contributed by atoms with Crippen molar-refractivity contribution in [1.29, 1.82) is 0 Å². The number of amides is 3. The van der Waals surface area contributed by atoms with E-state index >= 15 is 0 Å². The van der Waals surface area contributed by atoms with Crippen LogP contribution >= 0.6 is 23.2 Å². The van der Waals surface area contributed by atoms with Crippen molar-refractivity contribution in [2.75, 3.05) is 25.0 Å². The molecule has 3 amide bonds. The van der Waals surface area contributed by atoms with Gasteiger partial charge < -0.3 is 15.0 Å². The number of hydrogen-bond donors (Lipinski definition) is 1. The molecule has 0 aliphatic carbocycles. The zero-order valence-corrected chi connectivity index (χ0v) is 23.4. The van der Waals surface area contributed by atoms with Crippen molar-refractivity contribution in [2.24, 2.45) is 0 Å². The minimum atomic E-state index is -5.07. The summed E-state index contributed by atoms with van der Waals surface area (Å²) in [4.78, 5) is 28.0. The van der Waals surface area contributed by atoms with Gasteiger partial charge in [-0.2, -0.15) is 26.3 Å². The Balaban J connectivity index is 1.90. The summed E-state index contributed by atoms with van der Waals surface area (Å²) >= 11 is 12.2. The zero-order chi connectivity index (χ0) is 30.2. The van der Waals surface area contributed by atoms with Gasteiger partial charge in [0.15, 0.2) is 0 Å². The number of ether oxygens (including phenoxy) is 1. The van der Waals surface area contributed by atoms with Crippen LogP contribution in [0.3, 0.4) is 0 Å². The first-order valence-electron chi connectivity index (χ1n) is 12.0. The molecule has 2 atom stereocenters. The van der Waals surface area contributed by atoms with Crippen molar-refractivity contribution in [3.8, 4) is 0 Å². The highest BCUT2D eigenvalue weighted by molar-refractivity contribution is 6.42. The number of alkyl halides is 6. The van der Waals surface area contributed by atoms with Crippen LogP contribution in [0.2, 0.25) is 10.0 Å². The minimum Gasteiger partial charge on any atom is -0.444 e. The van der Waals surface area contributed by atoms with Gasteiger partial charge >= 0.3 is 24.5 Å². The molecule has 0 saturated carbocycles. The Bertz CT molecular complexity index is 1230. The normalized spacial score (nSPS) is 18.4. The van der Waals surface area contributed by atoms with E-state index in [9.17, 15) is 35.9 Å². The van der Waals surface area contributed by atoms with Gasteiger partial charge in [-0.15, -0.1) is 0 Å². The first-order valence-corrected chi connectivity index (χ1v) is 12.8. The van der Waals surface area contributed by atoms with Crippen LogP contribution in [0.4, 0.5) is 41.6 Å². The molecule has 0 radical (unpaired) electrons. The summed E-state index contributed by atoms with van der Waals surface area (Å²) in [6.07, 6.45) is -10.5. The third-order valence-corrected chi connectivity index (χ3v) is 6.95. The number of carbonyl (C=O) groups is 2. The molecular weight excluding hydrogens is 587 g/mol. The molecule has 220 valence electrons. The van der Waals surface area contributed by atoms with Crippen molar-refractivity contribution in [3.63, 3.8) is 0 Å². The fourth-order valence-electron chi connectivity index (χ4n) is 4.20. The molecule has 0 unspecified atom stereocenters. The van der Waals surface area contributed by atoms with Gasteiger partial charge in [-0.05, 0) is 63.1 Å². The van der Waals surface area contributed by atoms with E-state index in [1.807, 2.05) is 0 Å². The molecule has 1 heterocycles. The highest BCUT2D eigenvalue weighted by Gasteiger charge is 2.39. The molecule has 2 aromatic carbocycles. The van der Waals surface area contributed by atoms with Crippen LogP contribution in [0.1, 0.15) is 49.8 Å². The van der Waals surface area contributed by atoms with Gasteiger partial charge in [-0.25, -0.2) is 9.59 Å². The van der Waals surface area contributed by atoms with Gasteiger partial charge in [0.25, 0.3) is 0 Å². The second-order valence-corrected chi connectivity index (χ2v) is 11.2. The largest absolute Gasteiger partial charge is 0.444 e. The average Bonchev–Trinajstić information content (AvgIpc) is 2.83. The summed E-state index contributed by atoms with van der Waals surface area (Å²) in [5.74, 6) is -0.555. The lowest BCUT2D eigenvalue weighted by Gasteiger charge is -2.40. The highest BCUT2D eigenvalue weighted by atomic mass is 35.5. The lowest BCUT2D eigenvalue weighted by Crippen LogP contribution is -2.54. The van der Waals surface area contributed by atoms with Gasteiger partial charge in [-0.3, -0.25) is 4.90 Å². The molecule has 3 rings (SSSR count). The van der Waals surface area contributed by atoms with Crippen molar-refractivity contribution < 1.29 is 40.7 Å². The lowest BCUT2D eigenvalue weighted by molar-refractivity contribution is -0.143. The number of hydrogen-bond acceptors (Lipinski definition) is 3. The Morgan fingerprint density at radius 1 is 0.950 bits per heavy atom. The number of likely N-dealkylation sites (tertiary alicyclic amines) is 1. The Kier molecular flexibility index (Phi) is 9.15. The summed E-state index contributed by atoms with van der Waals surface area (Å²) < 4.78 is 85.4. The van der Waals surface area contributed by atoms with Gasteiger partial charge in [0.1, 0.15) is 5.60 Å². The fraction of sp³-hybridized carbons (Fsp3) is 0.462. The predicted octanol–water partition coefficient (Wildman–Crippen LogP) is 7.97. The zero-order valence-electron chi connectivity index (χ0n) is 21.9. The van der Waals surface area contributed by atoms with E-state index in [1.165, 1.54) is 11.0 Å². The first kappa shape index (κ1) is 31.7. The number of anilines is 1. The SMILES string of the molecule is CN(C(=O)N[C@@H]1CCN(C(=O)OC(C)(C)C)C[C@H]1c1ccc(Cl)c(Cl)c1)c1cc(C(F)(F)F)cc(C(F)(F)F)c1. The van der Waals surface area contributed by atoms with Crippen molar-refractivity contribution in [2.45, 2.75) is 57.1 Å². The highest BCUT2D eigenvalue weighted by Crippen LogP contribution is 2.38. The quantitative estimate of drug-likeness (QED) is 0.357. The third kappa shape index (κ3) is 7.87. The summed E-state index contributed by atoms with van der Waals surface area (Å²) in [5, 5.41) is 3.19. The van der Waals surface area contributed by atoms with Crippen molar-refractivity contribution >= 4 is 41.0 Å². The van der Waals surface area contributed by atoms with Crippen LogP contribution in [0, 0.1) is 0 Å². The van der Waals surface area contributed by atoms with E-state index in [1.54, 1.807) is 32.9 Å². The Hall–Kier alpha value is -2.86. The summed E-state index contributed by atoms with van der Waals surface area (Å²) in [7, 11) is 1.06. The van der Waals surface area contributed by atoms with Gasteiger partial charge in [0.05, 0.1) is 21.2 Å². The molecule has 0 aromatic heterocycles. The van der Waals surface area contributed by atoms with Crippen LogP contribution in [0.15, 0.2) is 36.4 Å². The number of benzene rings is 2. The molecule has 1 saturated heterocycles. The average molecular weight is 614 g/mol. The second kappa shape index (κ2) is 11.6. The molecule has 14 heteroatoms. The topological polar surface area (TPSA) is 61.9 Å². The van der Waals surface area contributed by atoms with Crippen molar-refractivity contribution in [1.82, 2.24) is 10.2 Å². The third-order valence-electron chi connectivity index (χ3n) is 6.21. The molecule has 0 spiro atoms. The van der Waals surface area contributed by atoms with E-state index in [2.05, 4.69) is 5.32 Å². The molecule has 1 aliphatic rings. The lowest BCUT2D eigenvalue weighted by atomic mass is 9.86. The first-order chi connectivity index (χ1) is 18.3. The van der Waals surface area contributed by atoms with Crippen LogP contribution < -0.4 is 10.2 Å².